The fraction of sp³-hybridized carbons (Fsp3) is 0.727. The van der Waals surface area contributed by atoms with Crippen LogP contribution >= 0.6 is 0 Å². The Labute approximate surface area is 514 Å². The van der Waals surface area contributed by atoms with Crippen LogP contribution < -0.4 is 0 Å². The van der Waals surface area contributed by atoms with Crippen molar-refractivity contribution in [3.05, 3.63) is 109 Å². The van der Waals surface area contributed by atoms with Crippen LogP contribution in [0.25, 0.3) is 0 Å². The Morgan fingerprint density at radius 1 is 0.253 bits per heavy atom. The maximum atomic E-state index is 13.0. The first kappa shape index (κ1) is 79.1. The van der Waals surface area contributed by atoms with Gasteiger partial charge >= 0.3 is 17.9 Å². The molecule has 0 amide bonds. The highest BCUT2D eigenvalue weighted by Gasteiger charge is 2.19. The van der Waals surface area contributed by atoms with Crippen LogP contribution in [0.15, 0.2) is 109 Å². The van der Waals surface area contributed by atoms with E-state index >= 15 is 0 Å². The van der Waals surface area contributed by atoms with Crippen molar-refractivity contribution in [1.29, 1.82) is 0 Å². The van der Waals surface area contributed by atoms with E-state index in [0.29, 0.717) is 19.3 Å². The number of carbonyl (C=O) groups excluding carboxylic acids is 3. The highest BCUT2D eigenvalue weighted by atomic mass is 16.6. The van der Waals surface area contributed by atoms with Gasteiger partial charge in [-0.3, -0.25) is 14.4 Å². The molecule has 1 unspecified atom stereocenters. The number of unbranched alkanes of at least 4 members (excludes halogenated alkanes) is 35. The van der Waals surface area contributed by atoms with Crippen molar-refractivity contribution in [1.82, 2.24) is 0 Å². The minimum atomic E-state index is -0.788. The Balaban J connectivity index is 4.31. The molecule has 0 aliphatic carbocycles. The number of hydrogen-bond donors (Lipinski definition) is 0. The first-order valence-corrected chi connectivity index (χ1v) is 35.4. The summed E-state index contributed by atoms with van der Waals surface area (Å²) in [5.74, 6) is -0.886. The van der Waals surface area contributed by atoms with Crippen LogP contribution in [0.4, 0.5) is 0 Å². The van der Waals surface area contributed by atoms with E-state index in [4.69, 9.17) is 14.2 Å². The summed E-state index contributed by atoms with van der Waals surface area (Å²) in [6.45, 7) is 6.52. The maximum absolute atomic E-state index is 13.0. The second-order valence-electron chi connectivity index (χ2n) is 23.4. The zero-order valence-electron chi connectivity index (χ0n) is 54.7. The molecular formula is C77H132O6. The number of hydrogen-bond acceptors (Lipinski definition) is 6. The predicted octanol–water partition coefficient (Wildman–Crippen LogP) is 24.6. The molecule has 0 rings (SSSR count). The van der Waals surface area contributed by atoms with Crippen LogP contribution in [0, 0.1) is 0 Å². The summed E-state index contributed by atoms with van der Waals surface area (Å²) in [5.41, 5.74) is 0. The lowest BCUT2D eigenvalue weighted by molar-refractivity contribution is -0.167. The largest absolute Gasteiger partial charge is 0.462 e. The van der Waals surface area contributed by atoms with Crippen molar-refractivity contribution in [3.8, 4) is 0 Å². The third kappa shape index (κ3) is 68.7. The number of ether oxygens (including phenoxy) is 3. The van der Waals surface area contributed by atoms with Gasteiger partial charge < -0.3 is 14.2 Å². The van der Waals surface area contributed by atoms with Crippen LogP contribution in [0.3, 0.4) is 0 Å². The first-order chi connectivity index (χ1) is 41.0. The molecule has 0 radical (unpaired) electrons. The smallest absolute Gasteiger partial charge is 0.306 e. The van der Waals surface area contributed by atoms with E-state index in [2.05, 4.69) is 130 Å². The van der Waals surface area contributed by atoms with Crippen LogP contribution in [0.5, 0.6) is 0 Å². The van der Waals surface area contributed by atoms with Crippen molar-refractivity contribution in [2.75, 3.05) is 13.2 Å². The summed E-state index contributed by atoms with van der Waals surface area (Å²) in [5, 5.41) is 0. The topological polar surface area (TPSA) is 78.9 Å². The average molecular weight is 1150 g/mol. The van der Waals surface area contributed by atoms with Crippen molar-refractivity contribution in [2.45, 2.75) is 348 Å². The van der Waals surface area contributed by atoms with Gasteiger partial charge in [0.1, 0.15) is 13.2 Å². The van der Waals surface area contributed by atoms with Gasteiger partial charge in [-0.25, -0.2) is 0 Å². The Hall–Kier alpha value is -3.93. The van der Waals surface area contributed by atoms with Crippen LogP contribution in [-0.4, -0.2) is 37.2 Å². The molecule has 1 atom stereocenters. The minimum Gasteiger partial charge on any atom is -0.462 e. The molecule has 0 aromatic rings. The highest BCUT2D eigenvalue weighted by Crippen LogP contribution is 2.17. The standard InChI is InChI=1S/C77H132O6/c1-4-7-10-13-16-19-22-25-27-29-31-33-35-37-38-40-41-43-45-47-49-52-55-58-61-64-67-70-76(79)82-73-74(72-81-75(78)69-66-63-60-57-54-51-24-21-18-15-12-9-6-3)83-77(80)71-68-65-62-59-56-53-50-48-46-44-42-39-36-34-32-30-28-26-23-20-17-14-11-8-5-2/h7,10,16,19,21,23-27,30-33,36-39,74H,4-6,8-9,11-15,17-18,20,22,28-29,34-35,40-73H2,1-3H3/b10-7-,19-16-,24-21-,26-23-,27-25-,32-30-,33-31-,38-37-,39-36-. The lowest BCUT2D eigenvalue weighted by atomic mass is 10.0. The average Bonchev–Trinajstić information content (AvgIpc) is 3.49. The van der Waals surface area contributed by atoms with Gasteiger partial charge in [0.15, 0.2) is 6.10 Å². The molecule has 0 aliphatic heterocycles. The molecule has 83 heavy (non-hydrogen) atoms. The fourth-order valence-corrected chi connectivity index (χ4v) is 9.94. The molecule has 0 saturated heterocycles. The zero-order valence-corrected chi connectivity index (χ0v) is 54.7. The van der Waals surface area contributed by atoms with E-state index in [1.807, 2.05) is 0 Å². The Morgan fingerprint density at radius 3 is 0.759 bits per heavy atom. The van der Waals surface area contributed by atoms with E-state index in [-0.39, 0.29) is 31.1 Å². The summed E-state index contributed by atoms with van der Waals surface area (Å²) in [6.07, 6.45) is 96.8. The van der Waals surface area contributed by atoms with Crippen molar-refractivity contribution in [3.63, 3.8) is 0 Å². The van der Waals surface area contributed by atoms with Crippen LogP contribution in [-0.2, 0) is 28.6 Å². The lowest BCUT2D eigenvalue weighted by Crippen LogP contribution is -2.30. The third-order valence-electron chi connectivity index (χ3n) is 15.2. The molecule has 0 aromatic carbocycles. The molecule has 0 fully saturated rings. The monoisotopic (exact) mass is 1150 g/mol. The van der Waals surface area contributed by atoms with Gasteiger partial charge in [-0.1, -0.05) is 304 Å². The molecule has 0 saturated carbocycles. The summed E-state index contributed by atoms with van der Waals surface area (Å²) in [4.78, 5) is 38.4. The lowest BCUT2D eigenvalue weighted by Gasteiger charge is -2.18. The van der Waals surface area contributed by atoms with Gasteiger partial charge in [-0.15, -0.1) is 0 Å². The molecule has 0 aliphatic rings. The van der Waals surface area contributed by atoms with E-state index in [1.165, 1.54) is 193 Å². The second kappa shape index (κ2) is 70.6. The van der Waals surface area contributed by atoms with Crippen LogP contribution in [0.1, 0.15) is 342 Å². The highest BCUT2D eigenvalue weighted by molar-refractivity contribution is 5.71. The van der Waals surface area contributed by atoms with Gasteiger partial charge in [0.25, 0.3) is 0 Å². The Bertz CT molecular complexity index is 1660. The molecule has 0 N–H and O–H groups in total. The van der Waals surface area contributed by atoms with E-state index in [9.17, 15) is 14.4 Å². The molecule has 0 bridgehead atoms. The molecule has 476 valence electrons. The number of esters is 3. The number of carbonyl (C=O) groups is 3. The number of rotatable bonds is 64. The van der Waals surface area contributed by atoms with Gasteiger partial charge in [0.05, 0.1) is 0 Å². The van der Waals surface area contributed by atoms with Gasteiger partial charge in [0, 0.05) is 19.3 Å². The quantitative estimate of drug-likeness (QED) is 0.0261. The molecule has 6 nitrogen and oxygen atoms in total. The Kier molecular flexibility index (Phi) is 67.2. The summed E-state index contributed by atoms with van der Waals surface area (Å²) in [6, 6.07) is 0. The second-order valence-corrected chi connectivity index (χ2v) is 23.4. The van der Waals surface area contributed by atoms with Crippen LogP contribution in [0.2, 0.25) is 0 Å². The predicted molar refractivity (Wildman–Crippen MR) is 362 cm³/mol. The summed E-state index contributed by atoms with van der Waals surface area (Å²) < 4.78 is 17.0. The normalized spacial score (nSPS) is 12.8. The fourth-order valence-electron chi connectivity index (χ4n) is 9.94. The zero-order chi connectivity index (χ0) is 59.9. The first-order valence-electron chi connectivity index (χ1n) is 35.4. The van der Waals surface area contributed by atoms with Gasteiger partial charge in [-0.2, -0.15) is 0 Å². The molecular weight excluding hydrogens is 1020 g/mol. The van der Waals surface area contributed by atoms with E-state index in [0.717, 1.165) is 109 Å². The minimum absolute atomic E-state index is 0.0830. The van der Waals surface area contributed by atoms with Gasteiger partial charge in [-0.05, 0) is 128 Å². The van der Waals surface area contributed by atoms with E-state index < -0.39 is 6.10 Å². The van der Waals surface area contributed by atoms with Gasteiger partial charge in [0.2, 0.25) is 0 Å². The Morgan fingerprint density at radius 2 is 0.470 bits per heavy atom. The molecule has 0 spiro atoms. The van der Waals surface area contributed by atoms with Crippen molar-refractivity contribution in [2.24, 2.45) is 0 Å². The summed E-state index contributed by atoms with van der Waals surface area (Å²) >= 11 is 0. The molecule has 6 heteroatoms. The SMILES string of the molecule is CC/C=C\C/C=C\C/C=C\C/C=C\C/C=C\CCCCCCCCCCCCCC(=O)OCC(COC(=O)CCCCCCC/C=C\CCCCCC)OC(=O)CCCCCCCCCCCC/C=C\C/C=C\C/C=C\CCCCCCC. The molecule has 0 aromatic heterocycles. The summed E-state index contributed by atoms with van der Waals surface area (Å²) in [7, 11) is 0. The number of allylic oxidation sites excluding steroid dienone is 18. The van der Waals surface area contributed by atoms with Crippen molar-refractivity contribution < 1.29 is 28.6 Å². The van der Waals surface area contributed by atoms with E-state index in [1.54, 1.807) is 0 Å². The third-order valence-corrected chi connectivity index (χ3v) is 15.2. The van der Waals surface area contributed by atoms with Crippen molar-refractivity contribution >= 4 is 17.9 Å². The maximum Gasteiger partial charge on any atom is 0.306 e. The molecule has 0 heterocycles.